The van der Waals surface area contributed by atoms with Crippen molar-refractivity contribution in [2.75, 3.05) is 12.4 Å². The highest BCUT2D eigenvalue weighted by atomic mass is 35.5. The SMILES string of the molecule is CC(CCl)C(C)NCCC(F)(F)F. The Morgan fingerprint density at radius 3 is 2.23 bits per heavy atom. The zero-order valence-corrected chi connectivity index (χ0v) is 8.54. The van der Waals surface area contributed by atoms with Gasteiger partial charge in [-0.05, 0) is 12.8 Å². The molecule has 0 aliphatic heterocycles. The van der Waals surface area contributed by atoms with Crippen LogP contribution in [0.25, 0.3) is 0 Å². The van der Waals surface area contributed by atoms with Crippen molar-refractivity contribution in [1.82, 2.24) is 5.32 Å². The van der Waals surface area contributed by atoms with Gasteiger partial charge >= 0.3 is 6.18 Å². The first-order chi connectivity index (χ1) is 5.87. The summed E-state index contributed by atoms with van der Waals surface area (Å²) in [4.78, 5) is 0. The molecule has 0 spiro atoms. The summed E-state index contributed by atoms with van der Waals surface area (Å²) < 4.78 is 35.2. The average Bonchev–Trinajstić information content (AvgIpc) is 2.00. The molecule has 2 atom stereocenters. The fourth-order valence-electron chi connectivity index (χ4n) is 0.776. The second-order valence-corrected chi connectivity index (χ2v) is 3.55. The maximum absolute atomic E-state index is 11.7. The van der Waals surface area contributed by atoms with E-state index in [0.717, 1.165) is 0 Å². The third-order valence-electron chi connectivity index (χ3n) is 1.97. The highest BCUT2D eigenvalue weighted by molar-refractivity contribution is 6.18. The number of nitrogens with one attached hydrogen (secondary N) is 1. The van der Waals surface area contributed by atoms with Gasteiger partial charge in [0.25, 0.3) is 0 Å². The van der Waals surface area contributed by atoms with E-state index < -0.39 is 12.6 Å². The molecule has 0 saturated heterocycles. The average molecular weight is 218 g/mol. The lowest BCUT2D eigenvalue weighted by Gasteiger charge is -2.19. The molecule has 2 unspecified atom stereocenters. The second kappa shape index (κ2) is 5.70. The van der Waals surface area contributed by atoms with Crippen LogP contribution in [0.3, 0.4) is 0 Å². The molecule has 0 aliphatic rings. The Labute approximate surface area is 81.6 Å². The smallest absolute Gasteiger partial charge is 0.314 e. The molecular weight excluding hydrogens is 203 g/mol. The Morgan fingerprint density at radius 2 is 1.85 bits per heavy atom. The van der Waals surface area contributed by atoms with E-state index in [4.69, 9.17) is 11.6 Å². The van der Waals surface area contributed by atoms with Crippen molar-refractivity contribution in [3.05, 3.63) is 0 Å². The molecule has 0 aromatic heterocycles. The zero-order chi connectivity index (χ0) is 10.5. The summed E-state index contributed by atoms with van der Waals surface area (Å²) >= 11 is 5.55. The molecule has 1 nitrogen and oxygen atoms in total. The molecule has 0 heterocycles. The third kappa shape index (κ3) is 7.14. The molecule has 1 N–H and O–H groups in total. The van der Waals surface area contributed by atoms with Crippen LogP contribution in [0.5, 0.6) is 0 Å². The molecule has 0 amide bonds. The van der Waals surface area contributed by atoms with E-state index in [1.807, 2.05) is 13.8 Å². The molecule has 0 saturated carbocycles. The maximum atomic E-state index is 11.7. The van der Waals surface area contributed by atoms with Crippen molar-refractivity contribution in [2.24, 2.45) is 5.92 Å². The molecule has 80 valence electrons. The largest absolute Gasteiger partial charge is 0.390 e. The standard InChI is InChI=1S/C8H15ClF3N/c1-6(5-9)7(2)13-4-3-8(10,11)12/h6-7,13H,3-5H2,1-2H3. The van der Waals surface area contributed by atoms with Gasteiger partial charge in [0.15, 0.2) is 0 Å². The first-order valence-electron chi connectivity index (χ1n) is 4.23. The Bertz CT molecular complexity index is 138. The van der Waals surface area contributed by atoms with E-state index in [2.05, 4.69) is 5.32 Å². The summed E-state index contributed by atoms with van der Waals surface area (Å²) in [6.45, 7) is 3.70. The Morgan fingerprint density at radius 1 is 1.31 bits per heavy atom. The van der Waals surface area contributed by atoms with Crippen LogP contribution in [0.15, 0.2) is 0 Å². The van der Waals surface area contributed by atoms with E-state index in [-0.39, 0.29) is 18.5 Å². The number of halogens is 4. The van der Waals surface area contributed by atoms with Crippen molar-refractivity contribution in [3.8, 4) is 0 Å². The van der Waals surface area contributed by atoms with Crippen LogP contribution < -0.4 is 5.32 Å². The van der Waals surface area contributed by atoms with Gasteiger partial charge in [-0.1, -0.05) is 6.92 Å². The van der Waals surface area contributed by atoms with Crippen molar-refractivity contribution >= 4 is 11.6 Å². The highest BCUT2D eigenvalue weighted by Gasteiger charge is 2.26. The van der Waals surface area contributed by atoms with Crippen LogP contribution in [0.4, 0.5) is 13.2 Å². The Balaban J connectivity index is 3.53. The van der Waals surface area contributed by atoms with Crippen LogP contribution in [-0.2, 0) is 0 Å². The molecular formula is C8H15ClF3N. The minimum absolute atomic E-state index is 0.0276. The quantitative estimate of drug-likeness (QED) is 0.699. The number of hydrogen-bond acceptors (Lipinski definition) is 1. The molecule has 5 heteroatoms. The Hall–Kier alpha value is 0.0400. The number of hydrogen-bond donors (Lipinski definition) is 1. The van der Waals surface area contributed by atoms with Gasteiger partial charge in [-0.2, -0.15) is 13.2 Å². The maximum Gasteiger partial charge on any atom is 0.390 e. The first kappa shape index (κ1) is 13.0. The van der Waals surface area contributed by atoms with Gasteiger partial charge in [0.2, 0.25) is 0 Å². The Kier molecular flexibility index (Phi) is 5.72. The minimum atomic E-state index is -4.07. The van der Waals surface area contributed by atoms with Gasteiger partial charge in [0.05, 0.1) is 6.42 Å². The molecule has 0 bridgehead atoms. The van der Waals surface area contributed by atoms with Crippen LogP contribution >= 0.6 is 11.6 Å². The molecule has 13 heavy (non-hydrogen) atoms. The fraction of sp³-hybridized carbons (Fsp3) is 1.00. The van der Waals surface area contributed by atoms with Crippen molar-refractivity contribution in [2.45, 2.75) is 32.5 Å². The van der Waals surface area contributed by atoms with Gasteiger partial charge in [-0.15, -0.1) is 11.6 Å². The number of alkyl halides is 4. The lowest BCUT2D eigenvalue weighted by molar-refractivity contribution is -0.133. The second-order valence-electron chi connectivity index (χ2n) is 3.24. The highest BCUT2D eigenvalue weighted by Crippen LogP contribution is 2.18. The molecule has 0 fully saturated rings. The van der Waals surface area contributed by atoms with E-state index >= 15 is 0 Å². The van der Waals surface area contributed by atoms with Crippen molar-refractivity contribution in [3.63, 3.8) is 0 Å². The van der Waals surface area contributed by atoms with Gasteiger partial charge < -0.3 is 5.32 Å². The predicted molar refractivity (Wildman–Crippen MR) is 48.0 cm³/mol. The van der Waals surface area contributed by atoms with E-state index in [1.54, 1.807) is 0 Å². The third-order valence-corrected chi connectivity index (χ3v) is 2.46. The van der Waals surface area contributed by atoms with Crippen molar-refractivity contribution in [1.29, 1.82) is 0 Å². The molecule has 0 aromatic rings. The van der Waals surface area contributed by atoms with Gasteiger partial charge in [0.1, 0.15) is 0 Å². The molecule has 0 rings (SSSR count). The van der Waals surface area contributed by atoms with Crippen LogP contribution in [0.2, 0.25) is 0 Å². The first-order valence-corrected chi connectivity index (χ1v) is 4.76. The molecule has 0 radical (unpaired) electrons. The van der Waals surface area contributed by atoms with Crippen LogP contribution in [0, 0.1) is 5.92 Å². The topological polar surface area (TPSA) is 12.0 Å². The molecule has 0 aliphatic carbocycles. The lowest BCUT2D eigenvalue weighted by Crippen LogP contribution is -2.35. The minimum Gasteiger partial charge on any atom is -0.314 e. The van der Waals surface area contributed by atoms with E-state index in [9.17, 15) is 13.2 Å². The summed E-state index contributed by atoms with van der Waals surface area (Å²) in [5, 5.41) is 2.79. The van der Waals surface area contributed by atoms with E-state index in [0.29, 0.717) is 5.88 Å². The predicted octanol–water partition coefficient (Wildman–Crippen LogP) is 2.79. The van der Waals surface area contributed by atoms with Crippen LogP contribution in [0.1, 0.15) is 20.3 Å². The lowest BCUT2D eigenvalue weighted by atomic mass is 10.1. The summed E-state index contributed by atoms with van der Waals surface area (Å²) in [5.74, 6) is 0.648. The number of rotatable bonds is 5. The fourth-order valence-corrected chi connectivity index (χ4v) is 1.04. The summed E-state index contributed by atoms with van der Waals surface area (Å²) in [6, 6.07) is 0.0276. The van der Waals surface area contributed by atoms with Gasteiger partial charge in [-0.25, -0.2) is 0 Å². The van der Waals surface area contributed by atoms with E-state index in [1.165, 1.54) is 0 Å². The normalized spacial score (nSPS) is 17.1. The molecule has 0 aromatic carbocycles. The summed E-state index contributed by atoms with van der Waals surface area (Å²) in [6.07, 6.45) is -4.86. The van der Waals surface area contributed by atoms with Crippen molar-refractivity contribution < 1.29 is 13.2 Å². The summed E-state index contributed by atoms with van der Waals surface area (Å²) in [7, 11) is 0. The van der Waals surface area contributed by atoms with Gasteiger partial charge in [-0.3, -0.25) is 0 Å². The van der Waals surface area contributed by atoms with Gasteiger partial charge in [0, 0.05) is 18.5 Å². The summed E-state index contributed by atoms with van der Waals surface area (Å²) in [5.41, 5.74) is 0. The van der Waals surface area contributed by atoms with Crippen LogP contribution in [-0.4, -0.2) is 24.6 Å². The zero-order valence-electron chi connectivity index (χ0n) is 7.79. The monoisotopic (exact) mass is 217 g/mol.